The molecule has 0 N–H and O–H groups in total. The summed E-state index contributed by atoms with van der Waals surface area (Å²) in [6.07, 6.45) is 6.78. The Labute approximate surface area is 93.6 Å². The minimum Gasteiger partial charge on any atom is -0.468 e. The molecule has 3 rings (SSSR count). The molecule has 0 bridgehead atoms. The van der Waals surface area contributed by atoms with Gasteiger partial charge in [-0.05, 0) is 25.3 Å². The van der Waals surface area contributed by atoms with Crippen molar-refractivity contribution in [3.05, 3.63) is 12.2 Å². The van der Waals surface area contributed by atoms with E-state index in [2.05, 4.69) is 0 Å². The topological polar surface area (TPSA) is 52.6 Å². The first kappa shape index (κ1) is 9.87. The average Bonchev–Trinajstić information content (AvgIpc) is 2.88. The van der Waals surface area contributed by atoms with Crippen LogP contribution in [0.2, 0.25) is 0 Å². The van der Waals surface area contributed by atoms with Crippen LogP contribution in [0.15, 0.2) is 12.2 Å². The highest BCUT2D eigenvalue weighted by atomic mass is 16.6. The summed E-state index contributed by atoms with van der Waals surface area (Å²) in [5, 5.41) is 0. The molecule has 1 saturated heterocycles. The number of carbonyl (C=O) groups is 2. The minimum atomic E-state index is -1.03. The number of methoxy groups -OCH3 is 1. The summed E-state index contributed by atoms with van der Waals surface area (Å²) in [5.74, 6) is -0.799. The molecular weight excluding hydrogens is 208 g/mol. The van der Waals surface area contributed by atoms with E-state index in [1.54, 1.807) is 0 Å². The molecule has 3 atom stereocenters. The molecule has 1 spiro atoms. The number of rotatable bonds is 1. The van der Waals surface area contributed by atoms with Gasteiger partial charge in [0, 0.05) is 5.41 Å². The third-order valence-corrected chi connectivity index (χ3v) is 4.48. The first-order valence-corrected chi connectivity index (χ1v) is 5.63. The summed E-state index contributed by atoms with van der Waals surface area (Å²) in [4.78, 5) is 24.0. The second-order valence-corrected chi connectivity index (χ2v) is 4.86. The first-order valence-electron chi connectivity index (χ1n) is 5.63. The normalized spacial score (nSPS) is 44.1. The zero-order valence-electron chi connectivity index (χ0n) is 9.19. The van der Waals surface area contributed by atoms with Gasteiger partial charge in [0.05, 0.1) is 7.11 Å². The fraction of sp³-hybridized carbons (Fsp3) is 0.667. The third kappa shape index (κ3) is 0.794. The molecule has 0 unspecified atom stereocenters. The van der Waals surface area contributed by atoms with E-state index in [0.29, 0.717) is 6.42 Å². The molecule has 16 heavy (non-hydrogen) atoms. The largest absolute Gasteiger partial charge is 0.468 e. The standard InChI is InChI=1S/C12H14O4/c1-15-9(13)12-7-3-6-11(12)5-2-4-8(11)16-10(12)14/h2,4,8H,3,5-7H2,1H3/t8-,11-,12-/m0/s1. The number of hydrogen-bond donors (Lipinski definition) is 0. The van der Waals surface area contributed by atoms with E-state index >= 15 is 0 Å². The molecule has 0 aromatic rings. The molecular formula is C12H14O4. The van der Waals surface area contributed by atoms with Gasteiger partial charge in [0.15, 0.2) is 5.41 Å². The number of esters is 2. The van der Waals surface area contributed by atoms with Crippen molar-refractivity contribution in [1.29, 1.82) is 0 Å². The van der Waals surface area contributed by atoms with Crippen LogP contribution in [0.3, 0.4) is 0 Å². The number of carbonyl (C=O) groups excluding carboxylic acids is 2. The van der Waals surface area contributed by atoms with E-state index in [0.717, 1.165) is 19.3 Å². The van der Waals surface area contributed by atoms with E-state index in [1.165, 1.54) is 7.11 Å². The van der Waals surface area contributed by atoms with Crippen molar-refractivity contribution >= 4 is 11.9 Å². The Morgan fingerprint density at radius 3 is 3.12 bits per heavy atom. The maximum Gasteiger partial charge on any atom is 0.324 e. The average molecular weight is 222 g/mol. The van der Waals surface area contributed by atoms with Gasteiger partial charge < -0.3 is 9.47 Å². The van der Waals surface area contributed by atoms with Gasteiger partial charge >= 0.3 is 11.9 Å². The first-order chi connectivity index (χ1) is 7.67. The van der Waals surface area contributed by atoms with Gasteiger partial charge in [-0.3, -0.25) is 9.59 Å². The molecule has 0 amide bonds. The second kappa shape index (κ2) is 2.87. The predicted molar refractivity (Wildman–Crippen MR) is 54.4 cm³/mol. The molecule has 0 radical (unpaired) electrons. The van der Waals surface area contributed by atoms with Crippen molar-refractivity contribution in [2.45, 2.75) is 31.8 Å². The summed E-state index contributed by atoms with van der Waals surface area (Å²) in [6, 6.07) is 0. The Bertz CT molecular complexity index is 400. The molecule has 2 aliphatic carbocycles. The smallest absolute Gasteiger partial charge is 0.324 e. The Morgan fingerprint density at radius 2 is 2.38 bits per heavy atom. The molecule has 1 aliphatic heterocycles. The van der Waals surface area contributed by atoms with Crippen LogP contribution < -0.4 is 0 Å². The lowest BCUT2D eigenvalue weighted by Gasteiger charge is -2.32. The van der Waals surface area contributed by atoms with E-state index in [9.17, 15) is 9.59 Å². The monoisotopic (exact) mass is 222 g/mol. The highest BCUT2D eigenvalue weighted by Gasteiger charge is 2.74. The summed E-state index contributed by atoms with van der Waals surface area (Å²) in [7, 11) is 1.34. The summed E-state index contributed by atoms with van der Waals surface area (Å²) >= 11 is 0. The quantitative estimate of drug-likeness (QED) is 0.380. The van der Waals surface area contributed by atoms with Crippen molar-refractivity contribution in [2.75, 3.05) is 7.11 Å². The van der Waals surface area contributed by atoms with Gasteiger partial charge in [0.2, 0.25) is 0 Å². The molecule has 0 aromatic carbocycles. The molecule has 4 heteroatoms. The highest BCUT2D eigenvalue weighted by molar-refractivity contribution is 6.03. The van der Waals surface area contributed by atoms with Crippen LogP contribution in [0.25, 0.3) is 0 Å². The zero-order valence-corrected chi connectivity index (χ0v) is 9.19. The number of ether oxygens (including phenoxy) is 2. The van der Waals surface area contributed by atoms with Crippen molar-refractivity contribution in [3.63, 3.8) is 0 Å². The maximum absolute atomic E-state index is 12.0. The van der Waals surface area contributed by atoms with Crippen molar-refractivity contribution in [1.82, 2.24) is 0 Å². The van der Waals surface area contributed by atoms with Crippen LogP contribution in [0.1, 0.15) is 25.7 Å². The summed E-state index contributed by atoms with van der Waals surface area (Å²) in [6.45, 7) is 0. The summed E-state index contributed by atoms with van der Waals surface area (Å²) < 4.78 is 10.2. The molecule has 4 nitrogen and oxygen atoms in total. The van der Waals surface area contributed by atoms with Gasteiger partial charge in [-0.15, -0.1) is 0 Å². The van der Waals surface area contributed by atoms with Crippen LogP contribution >= 0.6 is 0 Å². The van der Waals surface area contributed by atoms with Gasteiger partial charge in [-0.1, -0.05) is 12.5 Å². The SMILES string of the molecule is COC(=O)[C@]12CCC[C@]13CC=C[C@@H]3OC2=O. The van der Waals surface area contributed by atoms with Crippen LogP contribution in [0, 0.1) is 10.8 Å². The Hall–Kier alpha value is -1.32. The highest BCUT2D eigenvalue weighted by Crippen LogP contribution is 2.65. The van der Waals surface area contributed by atoms with E-state index in [1.807, 2.05) is 12.2 Å². The lowest BCUT2D eigenvalue weighted by Crippen LogP contribution is -2.46. The second-order valence-electron chi connectivity index (χ2n) is 4.86. The molecule has 1 heterocycles. The lowest BCUT2D eigenvalue weighted by molar-refractivity contribution is -0.165. The lowest BCUT2D eigenvalue weighted by atomic mass is 9.64. The van der Waals surface area contributed by atoms with Crippen LogP contribution in [-0.2, 0) is 19.1 Å². The van der Waals surface area contributed by atoms with E-state index in [4.69, 9.17) is 9.47 Å². The minimum absolute atomic E-state index is 0.221. The number of allylic oxidation sites excluding steroid dienone is 1. The van der Waals surface area contributed by atoms with Crippen molar-refractivity contribution in [2.24, 2.45) is 10.8 Å². The van der Waals surface area contributed by atoms with E-state index < -0.39 is 11.4 Å². The van der Waals surface area contributed by atoms with Gasteiger partial charge in [-0.25, -0.2) is 0 Å². The van der Waals surface area contributed by atoms with E-state index in [-0.39, 0.29) is 17.5 Å². The summed E-state index contributed by atoms with van der Waals surface area (Å²) in [5.41, 5.74) is -1.38. The van der Waals surface area contributed by atoms with Gasteiger partial charge in [0.1, 0.15) is 6.10 Å². The van der Waals surface area contributed by atoms with Crippen LogP contribution in [0.4, 0.5) is 0 Å². The Kier molecular flexibility index (Phi) is 1.77. The molecule has 2 fully saturated rings. The third-order valence-electron chi connectivity index (χ3n) is 4.48. The van der Waals surface area contributed by atoms with Gasteiger partial charge in [0.25, 0.3) is 0 Å². The molecule has 1 saturated carbocycles. The fourth-order valence-electron chi connectivity index (χ4n) is 3.73. The molecule has 3 aliphatic rings. The Balaban J connectivity index is 2.14. The maximum atomic E-state index is 12.0. The molecule has 0 aromatic heterocycles. The Morgan fingerprint density at radius 1 is 1.56 bits per heavy atom. The molecule has 86 valence electrons. The fourth-order valence-corrected chi connectivity index (χ4v) is 3.73. The van der Waals surface area contributed by atoms with Crippen molar-refractivity contribution in [3.8, 4) is 0 Å². The van der Waals surface area contributed by atoms with Crippen molar-refractivity contribution < 1.29 is 19.1 Å². The number of hydrogen-bond acceptors (Lipinski definition) is 4. The predicted octanol–water partition coefficient (Wildman–Crippen LogP) is 1.20. The van der Waals surface area contributed by atoms with Gasteiger partial charge in [-0.2, -0.15) is 0 Å². The van der Waals surface area contributed by atoms with Crippen LogP contribution in [0.5, 0.6) is 0 Å². The van der Waals surface area contributed by atoms with Crippen LogP contribution in [-0.4, -0.2) is 25.2 Å². The zero-order chi connectivity index (χ0) is 11.4.